The van der Waals surface area contributed by atoms with Crippen molar-refractivity contribution in [2.45, 2.75) is 32.4 Å². The Morgan fingerprint density at radius 2 is 1.61 bits per heavy atom. The van der Waals surface area contributed by atoms with E-state index in [9.17, 15) is 9.59 Å². The molecule has 1 N–H and O–H groups in total. The van der Waals surface area contributed by atoms with Crippen LogP contribution in [0.3, 0.4) is 0 Å². The van der Waals surface area contributed by atoms with Crippen LogP contribution < -0.4 is 10.1 Å². The van der Waals surface area contributed by atoms with E-state index in [0.29, 0.717) is 28.8 Å². The molecule has 4 aromatic rings. The van der Waals surface area contributed by atoms with E-state index in [1.165, 1.54) is 0 Å². The van der Waals surface area contributed by atoms with E-state index in [0.717, 1.165) is 28.3 Å². The van der Waals surface area contributed by atoms with E-state index in [-0.39, 0.29) is 25.0 Å². The zero-order valence-corrected chi connectivity index (χ0v) is 22.7. The molecule has 0 aromatic heterocycles. The number of hydrogen-bond acceptors (Lipinski definition) is 3. The van der Waals surface area contributed by atoms with E-state index in [4.69, 9.17) is 27.9 Å². The van der Waals surface area contributed by atoms with Gasteiger partial charge in [-0.25, -0.2) is 0 Å². The van der Waals surface area contributed by atoms with E-state index in [1.54, 1.807) is 17.0 Å². The second kappa shape index (κ2) is 13.3. The van der Waals surface area contributed by atoms with Crippen LogP contribution >= 0.6 is 23.2 Å². The van der Waals surface area contributed by atoms with Gasteiger partial charge in [0.1, 0.15) is 11.8 Å². The number of benzene rings is 4. The van der Waals surface area contributed by atoms with E-state index < -0.39 is 6.04 Å². The molecule has 0 saturated heterocycles. The van der Waals surface area contributed by atoms with Gasteiger partial charge in [-0.15, -0.1) is 0 Å². The molecule has 0 aliphatic rings. The first kappa shape index (κ1) is 27.5. The van der Waals surface area contributed by atoms with Crippen LogP contribution in [0.2, 0.25) is 10.0 Å². The van der Waals surface area contributed by atoms with Gasteiger partial charge in [0.15, 0.2) is 6.61 Å². The smallest absolute Gasteiger partial charge is 0.261 e. The molecule has 0 fully saturated rings. The lowest BCUT2D eigenvalue weighted by Crippen LogP contribution is -2.51. The Hall–Kier alpha value is -3.54. The van der Waals surface area contributed by atoms with Gasteiger partial charge in [-0.1, -0.05) is 103 Å². The highest BCUT2D eigenvalue weighted by Crippen LogP contribution is 2.26. The third kappa shape index (κ3) is 7.06. The normalized spacial score (nSPS) is 11.7. The molecular formula is C31H30Cl2N2O3. The van der Waals surface area contributed by atoms with Crippen LogP contribution in [0.1, 0.15) is 24.5 Å². The molecule has 4 rings (SSSR count). The van der Waals surface area contributed by atoms with Gasteiger partial charge >= 0.3 is 0 Å². The van der Waals surface area contributed by atoms with Crippen LogP contribution in [0.25, 0.3) is 10.8 Å². The SMILES string of the molecule is CCCNC(=O)[C@H](Cc1ccccc1)N(Cc1ccc(Cl)c(Cl)c1)C(=O)COc1cccc2ccccc12. The number of halogens is 2. The first-order valence-corrected chi connectivity index (χ1v) is 13.4. The fourth-order valence-electron chi connectivity index (χ4n) is 4.30. The van der Waals surface area contributed by atoms with Crippen molar-refractivity contribution in [1.29, 1.82) is 0 Å². The summed E-state index contributed by atoms with van der Waals surface area (Å²) >= 11 is 12.4. The molecule has 0 spiro atoms. The average molecular weight is 549 g/mol. The molecule has 0 bridgehead atoms. The van der Waals surface area contributed by atoms with Crippen molar-refractivity contribution in [2.75, 3.05) is 13.2 Å². The summed E-state index contributed by atoms with van der Waals surface area (Å²) in [6, 6.07) is 27.7. The Morgan fingerprint density at radius 1 is 0.868 bits per heavy atom. The maximum Gasteiger partial charge on any atom is 0.261 e. The van der Waals surface area contributed by atoms with Crippen LogP contribution in [-0.2, 0) is 22.6 Å². The first-order chi connectivity index (χ1) is 18.5. The molecule has 4 aromatic carbocycles. The number of fused-ring (bicyclic) bond motifs is 1. The molecule has 38 heavy (non-hydrogen) atoms. The fourth-order valence-corrected chi connectivity index (χ4v) is 4.62. The minimum Gasteiger partial charge on any atom is -0.483 e. The third-order valence-corrected chi connectivity index (χ3v) is 7.00. The summed E-state index contributed by atoms with van der Waals surface area (Å²) in [5.74, 6) is 0.0897. The van der Waals surface area contributed by atoms with E-state index in [1.807, 2.05) is 85.8 Å². The number of amides is 2. The van der Waals surface area contributed by atoms with Gasteiger partial charge in [-0.3, -0.25) is 9.59 Å². The van der Waals surface area contributed by atoms with Crippen LogP contribution in [0, 0.1) is 0 Å². The van der Waals surface area contributed by atoms with Crippen molar-refractivity contribution in [3.63, 3.8) is 0 Å². The van der Waals surface area contributed by atoms with Gasteiger partial charge in [0.25, 0.3) is 5.91 Å². The lowest BCUT2D eigenvalue weighted by Gasteiger charge is -2.31. The molecule has 0 saturated carbocycles. The number of carbonyl (C=O) groups excluding carboxylic acids is 2. The maximum atomic E-state index is 13.8. The molecule has 0 aliphatic carbocycles. The number of ether oxygens (including phenoxy) is 1. The largest absolute Gasteiger partial charge is 0.483 e. The highest BCUT2D eigenvalue weighted by Gasteiger charge is 2.30. The topological polar surface area (TPSA) is 58.6 Å². The van der Waals surface area contributed by atoms with Crippen molar-refractivity contribution < 1.29 is 14.3 Å². The second-order valence-electron chi connectivity index (χ2n) is 9.03. The highest BCUT2D eigenvalue weighted by molar-refractivity contribution is 6.42. The monoisotopic (exact) mass is 548 g/mol. The van der Waals surface area contributed by atoms with E-state index >= 15 is 0 Å². The summed E-state index contributed by atoms with van der Waals surface area (Å²) in [4.78, 5) is 28.8. The summed E-state index contributed by atoms with van der Waals surface area (Å²) in [5, 5.41) is 5.72. The minimum absolute atomic E-state index is 0.172. The summed E-state index contributed by atoms with van der Waals surface area (Å²) in [6.45, 7) is 2.46. The van der Waals surface area contributed by atoms with Crippen LogP contribution in [0.5, 0.6) is 5.75 Å². The maximum absolute atomic E-state index is 13.8. The molecule has 2 amide bonds. The summed E-state index contributed by atoms with van der Waals surface area (Å²) in [6.07, 6.45) is 1.15. The Kier molecular flexibility index (Phi) is 9.63. The standard InChI is InChI=1S/C31H30Cl2N2O3/c1-2-17-34-31(37)28(19-22-9-4-3-5-10-22)35(20-23-15-16-26(32)27(33)18-23)30(36)21-38-29-14-8-12-24-11-6-7-13-25(24)29/h3-16,18,28H,2,17,19-21H2,1H3,(H,34,37)/t28-/m0/s1. The second-order valence-corrected chi connectivity index (χ2v) is 9.85. The third-order valence-electron chi connectivity index (χ3n) is 6.26. The quantitative estimate of drug-likeness (QED) is 0.227. The Bertz CT molecular complexity index is 1390. The number of hydrogen-bond donors (Lipinski definition) is 1. The summed E-state index contributed by atoms with van der Waals surface area (Å²) in [7, 11) is 0. The first-order valence-electron chi connectivity index (χ1n) is 12.6. The Morgan fingerprint density at radius 3 is 2.37 bits per heavy atom. The van der Waals surface area contributed by atoms with Gasteiger partial charge in [0.05, 0.1) is 10.0 Å². The van der Waals surface area contributed by atoms with Crippen LogP contribution in [0.4, 0.5) is 0 Å². The molecule has 0 aliphatic heterocycles. The molecule has 0 heterocycles. The number of nitrogens with one attached hydrogen (secondary N) is 1. The molecule has 7 heteroatoms. The summed E-state index contributed by atoms with van der Waals surface area (Å²) < 4.78 is 6.03. The highest BCUT2D eigenvalue weighted by atomic mass is 35.5. The summed E-state index contributed by atoms with van der Waals surface area (Å²) in [5.41, 5.74) is 1.71. The molecule has 0 unspecified atom stereocenters. The predicted octanol–water partition coefficient (Wildman–Crippen LogP) is 6.69. The van der Waals surface area contributed by atoms with Gasteiger partial charge in [0, 0.05) is 24.9 Å². The lowest BCUT2D eigenvalue weighted by atomic mass is 10.0. The Balaban J connectivity index is 1.65. The number of nitrogens with zero attached hydrogens (tertiary/aromatic N) is 1. The van der Waals surface area contributed by atoms with Crippen LogP contribution in [-0.4, -0.2) is 35.9 Å². The van der Waals surface area contributed by atoms with E-state index in [2.05, 4.69) is 5.32 Å². The van der Waals surface area contributed by atoms with Crippen molar-refractivity contribution in [3.05, 3.63) is 112 Å². The zero-order chi connectivity index (χ0) is 26.9. The van der Waals surface area contributed by atoms with Crippen molar-refractivity contribution in [3.8, 4) is 5.75 Å². The molecule has 1 atom stereocenters. The number of carbonyl (C=O) groups is 2. The van der Waals surface area contributed by atoms with Crippen molar-refractivity contribution in [1.82, 2.24) is 10.2 Å². The minimum atomic E-state index is -0.748. The van der Waals surface area contributed by atoms with Crippen LogP contribution in [0.15, 0.2) is 91.0 Å². The van der Waals surface area contributed by atoms with Gasteiger partial charge in [0.2, 0.25) is 5.91 Å². The molecule has 0 radical (unpaired) electrons. The van der Waals surface area contributed by atoms with Crippen molar-refractivity contribution in [2.24, 2.45) is 0 Å². The van der Waals surface area contributed by atoms with Gasteiger partial charge < -0.3 is 15.0 Å². The molecule has 196 valence electrons. The molecular weight excluding hydrogens is 519 g/mol. The lowest BCUT2D eigenvalue weighted by molar-refractivity contribution is -0.142. The molecule has 5 nitrogen and oxygen atoms in total. The fraction of sp³-hybridized carbons (Fsp3) is 0.226. The van der Waals surface area contributed by atoms with Gasteiger partial charge in [-0.05, 0) is 41.1 Å². The zero-order valence-electron chi connectivity index (χ0n) is 21.2. The van der Waals surface area contributed by atoms with Crippen molar-refractivity contribution >= 4 is 45.8 Å². The number of rotatable bonds is 11. The predicted molar refractivity (Wildman–Crippen MR) is 154 cm³/mol. The Labute approximate surface area is 233 Å². The van der Waals surface area contributed by atoms with Gasteiger partial charge in [-0.2, -0.15) is 0 Å². The average Bonchev–Trinajstić information content (AvgIpc) is 2.94.